The molecule has 0 saturated heterocycles. The van der Waals surface area contributed by atoms with E-state index in [1.54, 1.807) is 30.6 Å². The molecular weight excluding hydrogens is 494 g/mol. The van der Waals surface area contributed by atoms with E-state index in [2.05, 4.69) is 25.7 Å². The van der Waals surface area contributed by atoms with Gasteiger partial charge in [0.1, 0.15) is 11.3 Å². The number of benzodiazepines with no additional fused rings is 1. The van der Waals surface area contributed by atoms with Crippen LogP contribution in [0.15, 0.2) is 90.2 Å². The Morgan fingerprint density at radius 2 is 1.79 bits per heavy atom. The monoisotopic (exact) mass is 517 g/mol. The van der Waals surface area contributed by atoms with Crippen LogP contribution in [0.1, 0.15) is 27.2 Å². The molecule has 0 bridgehead atoms. The van der Waals surface area contributed by atoms with Crippen molar-refractivity contribution in [1.29, 1.82) is 0 Å². The van der Waals surface area contributed by atoms with E-state index in [1.165, 1.54) is 11.6 Å². The summed E-state index contributed by atoms with van der Waals surface area (Å²) in [7, 11) is 1.51. The number of rotatable bonds is 5. The Balaban J connectivity index is 1.46. The Hall–Kier alpha value is -5.38. The second-order valence-corrected chi connectivity index (χ2v) is 8.88. The number of amides is 2. The summed E-state index contributed by atoms with van der Waals surface area (Å²) < 4.78 is 7.00. The Morgan fingerprint density at radius 3 is 2.62 bits per heavy atom. The fourth-order valence-corrected chi connectivity index (χ4v) is 4.53. The van der Waals surface area contributed by atoms with Crippen molar-refractivity contribution in [2.45, 2.75) is 13.1 Å². The minimum absolute atomic E-state index is 0.172. The molecule has 10 heteroatoms. The van der Waals surface area contributed by atoms with E-state index < -0.39 is 18.0 Å². The third-order valence-electron chi connectivity index (χ3n) is 6.33. The number of carbonyl (C=O) groups is 2. The first-order valence-electron chi connectivity index (χ1n) is 12.2. The van der Waals surface area contributed by atoms with Crippen molar-refractivity contribution < 1.29 is 14.3 Å². The lowest BCUT2D eigenvalue weighted by Crippen LogP contribution is -2.42. The van der Waals surface area contributed by atoms with Gasteiger partial charge < -0.3 is 15.4 Å². The number of fused-ring (bicyclic) bond motifs is 2. The van der Waals surface area contributed by atoms with Crippen molar-refractivity contribution in [3.05, 3.63) is 108 Å². The predicted octanol–water partition coefficient (Wildman–Crippen LogP) is 3.65. The molecule has 0 unspecified atom stereocenters. The van der Waals surface area contributed by atoms with E-state index >= 15 is 0 Å². The normalized spacial score (nSPS) is 14.7. The number of benzene rings is 2. The third-order valence-corrected chi connectivity index (χ3v) is 6.33. The second-order valence-electron chi connectivity index (χ2n) is 8.88. The second kappa shape index (κ2) is 9.82. The summed E-state index contributed by atoms with van der Waals surface area (Å²) in [6.45, 7) is 1.84. The number of aryl methyl sites for hydroxylation is 1. The molecule has 0 saturated carbocycles. The molecule has 6 rings (SSSR count). The smallest absolute Gasteiger partial charge is 0.269 e. The lowest BCUT2D eigenvalue weighted by atomic mass is 10.0. The highest BCUT2D eigenvalue weighted by Gasteiger charge is 2.31. The number of nitrogens with zero attached hydrogens (tertiary/aromatic N) is 5. The Bertz CT molecular complexity index is 1760. The standard InChI is InChI=1S/C29H23N7O3/c1-17-13-14-20(29(31-17)39-2)24-22(26-30-15-8-16-36(26)35-24)27(37)34-25-28(38)32-21-12-7-6-11-19(21)23(33-25)18-9-4-3-5-10-18/h3-16,25H,1-2H3,(H,32,38)(H,34,37)/t25-/m1/s1. The molecule has 1 atom stereocenters. The molecule has 3 aromatic heterocycles. The molecule has 2 N–H and O–H groups in total. The molecular formula is C29H23N7O3. The van der Waals surface area contributed by atoms with Gasteiger partial charge in [-0.15, -0.1) is 0 Å². The van der Waals surface area contributed by atoms with Crippen molar-refractivity contribution in [3.63, 3.8) is 0 Å². The largest absolute Gasteiger partial charge is 0.480 e. The average Bonchev–Trinajstić information content (AvgIpc) is 3.29. The molecule has 192 valence electrons. The first kappa shape index (κ1) is 24.0. The summed E-state index contributed by atoms with van der Waals surface area (Å²) in [5.41, 5.74) is 4.83. The minimum atomic E-state index is -1.22. The van der Waals surface area contributed by atoms with Gasteiger partial charge in [0.25, 0.3) is 11.8 Å². The number of hydrogen-bond donors (Lipinski definition) is 2. The molecule has 1 aliphatic rings. The number of aromatic nitrogens is 4. The summed E-state index contributed by atoms with van der Waals surface area (Å²) in [4.78, 5) is 40.8. The minimum Gasteiger partial charge on any atom is -0.480 e. The molecule has 0 spiro atoms. The van der Waals surface area contributed by atoms with E-state index in [1.807, 2.05) is 61.5 Å². The van der Waals surface area contributed by atoms with Crippen molar-refractivity contribution in [1.82, 2.24) is 24.9 Å². The van der Waals surface area contributed by atoms with Gasteiger partial charge in [0.2, 0.25) is 12.0 Å². The maximum Gasteiger partial charge on any atom is 0.269 e. The number of anilines is 1. The summed E-state index contributed by atoms with van der Waals surface area (Å²) in [5.74, 6) is -0.717. The van der Waals surface area contributed by atoms with Gasteiger partial charge in [0.05, 0.1) is 24.1 Å². The summed E-state index contributed by atoms with van der Waals surface area (Å²) in [6.07, 6.45) is 2.05. The van der Waals surface area contributed by atoms with Crippen molar-refractivity contribution in [2.75, 3.05) is 12.4 Å². The third kappa shape index (κ3) is 4.37. The van der Waals surface area contributed by atoms with Gasteiger partial charge in [0, 0.05) is 29.2 Å². The maximum atomic E-state index is 13.9. The molecule has 4 heterocycles. The van der Waals surface area contributed by atoms with Crippen LogP contribution in [0.5, 0.6) is 5.88 Å². The highest BCUT2D eigenvalue weighted by Crippen LogP contribution is 2.32. The van der Waals surface area contributed by atoms with E-state index in [0.29, 0.717) is 34.2 Å². The predicted molar refractivity (Wildman–Crippen MR) is 146 cm³/mol. The van der Waals surface area contributed by atoms with Crippen LogP contribution < -0.4 is 15.4 Å². The van der Waals surface area contributed by atoms with Crippen LogP contribution in [0.25, 0.3) is 16.9 Å². The van der Waals surface area contributed by atoms with Crippen LogP contribution in [-0.4, -0.2) is 50.4 Å². The zero-order valence-electron chi connectivity index (χ0n) is 21.1. The van der Waals surface area contributed by atoms with Crippen LogP contribution in [0.3, 0.4) is 0 Å². The Morgan fingerprint density at radius 1 is 1.00 bits per heavy atom. The van der Waals surface area contributed by atoms with E-state index in [9.17, 15) is 9.59 Å². The number of methoxy groups -OCH3 is 1. The number of aliphatic imine (C=N–C) groups is 1. The first-order valence-corrected chi connectivity index (χ1v) is 12.2. The van der Waals surface area contributed by atoms with E-state index in [0.717, 1.165) is 16.8 Å². The summed E-state index contributed by atoms with van der Waals surface area (Å²) >= 11 is 0. The highest BCUT2D eigenvalue weighted by molar-refractivity contribution is 6.20. The molecule has 2 amide bonds. The number of carbonyl (C=O) groups excluding carboxylic acids is 2. The molecule has 39 heavy (non-hydrogen) atoms. The number of nitrogens with one attached hydrogen (secondary N) is 2. The number of hydrogen-bond acceptors (Lipinski definition) is 7. The van der Waals surface area contributed by atoms with Crippen LogP contribution in [0.2, 0.25) is 0 Å². The van der Waals surface area contributed by atoms with Gasteiger partial charge >= 0.3 is 0 Å². The number of ether oxygens (including phenoxy) is 1. The SMILES string of the molecule is COc1nc(C)ccc1-c1nn2cccnc2c1C(=O)N[C@H]1N=C(c2ccccc2)c2ccccc2NC1=O. The van der Waals surface area contributed by atoms with Crippen LogP contribution >= 0.6 is 0 Å². The first-order chi connectivity index (χ1) is 19.0. The van der Waals surface area contributed by atoms with Crippen molar-refractivity contribution >= 4 is 28.9 Å². The van der Waals surface area contributed by atoms with Crippen LogP contribution in [0.4, 0.5) is 5.69 Å². The summed E-state index contributed by atoms with van der Waals surface area (Å²) in [5, 5.41) is 10.3. The average molecular weight is 518 g/mol. The van der Waals surface area contributed by atoms with Crippen molar-refractivity contribution in [2.24, 2.45) is 4.99 Å². The highest BCUT2D eigenvalue weighted by atomic mass is 16.5. The summed E-state index contributed by atoms with van der Waals surface area (Å²) in [6, 6.07) is 22.2. The molecule has 5 aromatic rings. The van der Waals surface area contributed by atoms with E-state index in [-0.39, 0.29) is 5.56 Å². The fraction of sp³-hybridized carbons (Fsp3) is 0.103. The topological polar surface area (TPSA) is 123 Å². The lowest BCUT2D eigenvalue weighted by Gasteiger charge is -2.14. The molecule has 0 fully saturated rings. The van der Waals surface area contributed by atoms with E-state index in [4.69, 9.17) is 9.73 Å². The molecule has 1 aliphatic heterocycles. The maximum absolute atomic E-state index is 13.9. The molecule has 2 aromatic carbocycles. The Kier molecular flexibility index (Phi) is 6.04. The van der Waals surface area contributed by atoms with Gasteiger partial charge in [-0.25, -0.2) is 19.5 Å². The number of para-hydroxylation sites is 1. The van der Waals surface area contributed by atoms with Gasteiger partial charge in [0.15, 0.2) is 5.65 Å². The van der Waals surface area contributed by atoms with Gasteiger partial charge in [-0.05, 0) is 31.2 Å². The van der Waals surface area contributed by atoms with Gasteiger partial charge in [-0.2, -0.15) is 5.10 Å². The zero-order chi connectivity index (χ0) is 26.9. The zero-order valence-corrected chi connectivity index (χ0v) is 21.1. The molecule has 10 nitrogen and oxygen atoms in total. The molecule has 0 aliphatic carbocycles. The van der Waals surface area contributed by atoms with Crippen molar-refractivity contribution in [3.8, 4) is 17.1 Å². The number of pyridine rings is 1. The Labute approximate surface area is 223 Å². The van der Waals surface area contributed by atoms with Crippen LogP contribution in [0, 0.1) is 6.92 Å². The van der Waals surface area contributed by atoms with Gasteiger partial charge in [-0.1, -0.05) is 48.5 Å². The van der Waals surface area contributed by atoms with Gasteiger partial charge in [-0.3, -0.25) is 9.59 Å². The van der Waals surface area contributed by atoms with Crippen LogP contribution in [-0.2, 0) is 4.79 Å². The quantitative estimate of drug-likeness (QED) is 0.367. The lowest BCUT2D eigenvalue weighted by molar-refractivity contribution is -0.117. The fourth-order valence-electron chi connectivity index (χ4n) is 4.53. The molecule has 0 radical (unpaired) electrons.